The van der Waals surface area contributed by atoms with Gasteiger partial charge < -0.3 is 19.8 Å². The van der Waals surface area contributed by atoms with Crippen molar-refractivity contribution in [2.45, 2.75) is 6.54 Å². The van der Waals surface area contributed by atoms with Gasteiger partial charge in [0.05, 0.1) is 13.4 Å². The van der Waals surface area contributed by atoms with Crippen molar-refractivity contribution >= 4 is 11.7 Å². The van der Waals surface area contributed by atoms with E-state index in [0.717, 1.165) is 11.3 Å². The number of benzene rings is 1. The van der Waals surface area contributed by atoms with Gasteiger partial charge in [-0.25, -0.2) is 4.79 Å². The molecule has 122 valence electrons. The molecule has 0 saturated carbocycles. The number of nitrogens with one attached hydrogen (secondary N) is 2. The minimum Gasteiger partial charge on any atom is -0.497 e. The van der Waals surface area contributed by atoms with Crippen LogP contribution in [-0.4, -0.2) is 18.1 Å². The third-order valence-corrected chi connectivity index (χ3v) is 3.38. The van der Waals surface area contributed by atoms with E-state index in [0.29, 0.717) is 23.7 Å². The minimum atomic E-state index is -0.292. The van der Waals surface area contributed by atoms with E-state index >= 15 is 0 Å². The van der Waals surface area contributed by atoms with Crippen molar-refractivity contribution in [1.29, 1.82) is 0 Å². The second-order valence-corrected chi connectivity index (χ2v) is 5.07. The summed E-state index contributed by atoms with van der Waals surface area (Å²) in [5.74, 6) is 1.38. The molecule has 0 radical (unpaired) electrons. The first kappa shape index (κ1) is 15.6. The molecule has 1 aromatic carbocycles. The number of rotatable bonds is 5. The Bertz CT molecular complexity index is 816. The number of furan rings is 1. The molecule has 0 atom stereocenters. The van der Waals surface area contributed by atoms with Gasteiger partial charge in [0, 0.05) is 24.5 Å². The van der Waals surface area contributed by atoms with Gasteiger partial charge >= 0.3 is 6.03 Å². The highest BCUT2D eigenvalue weighted by molar-refractivity contribution is 5.89. The fraction of sp³-hybridized carbons (Fsp3) is 0.111. The summed E-state index contributed by atoms with van der Waals surface area (Å²) >= 11 is 0. The highest BCUT2D eigenvalue weighted by Crippen LogP contribution is 2.18. The third kappa shape index (κ3) is 3.92. The van der Waals surface area contributed by atoms with Crippen LogP contribution in [0.3, 0.4) is 0 Å². The largest absolute Gasteiger partial charge is 0.497 e. The van der Waals surface area contributed by atoms with E-state index in [9.17, 15) is 4.79 Å². The maximum Gasteiger partial charge on any atom is 0.319 e. The summed E-state index contributed by atoms with van der Waals surface area (Å²) in [7, 11) is 1.58. The number of aromatic nitrogens is 1. The Morgan fingerprint density at radius 3 is 2.92 bits per heavy atom. The Labute approximate surface area is 139 Å². The summed E-state index contributed by atoms with van der Waals surface area (Å²) in [6.07, 6.45) is 3.29. The second kappa shape index (κ2) is 7.32. The van der Waals surface area contributed by atoms with Crippen LogP contribution < -0.4 is 15.4 Å². The molecule has 24 heavy (non-hydrogen) atoms. The number of ether oxygens (including phenoxy) is 1. The van der Waals surface area contributed by atoms with Gasteiger partial charge in [-0.05, 0) is 42.0 Å². The minimum absolute atomic E-state index is 0.292. The maximum absolute atomic E-state index is 12.0. The topological polar surface area (TPSA) is 76.4 Å². The third-order valence-electron chi connectivity index (χ3n) is 3.38. The van der Waals surface area contributed by atoms with Gasteiger partial charge in [-0.2, -0.15) is 0 Å². The Hall–Kier alpha value is -3.28. The van der Waals surface area contributed by atoms with Crippen molar-refractivity contribution in [3.8, 4) is 17.2 Å². The van der Waals surface area contributed by atoms with E-state index in [-0.39, 0.29) is 6.03 Å². The van der Waals surface area contributed by atoms with Gasteiger partial charge in [0.15, 0.2) is 5.76 Å². The van der Waals surface area contributed by atoms with Crippen LogP contribution in [0.2, 0.25) is 0 Å². The number of pyridine rings is 1. The maximum atomic E-state index is 12.0. The SMILES string of the molecule is COc1cccc(NC(=O)NCc2ccnc(-c3ccco3)c2)c1. The summed E-state index contributed by atoms with van der Waals surface area (Å²) in [5, 5.41) is 5.57. The van der Waals surface area contributed by atoms with Crippen LogP contribution >= 0.6 is 0 Å². The number of anilines is 1. The molecule has 6 nitrogen and oxygen atoms in total. The van der Waals surface area contributed by atoms with E-state index in [1.54, 1.807) is 31.7 Å². The van der Waals surface area contributed by atoms with Crippen LogP contribution in [0.1, 0.15) is 5.56 Å². The zero-order chi connectivity index (χ0) is 16.8. The van der Waals surface area contributed by atoms with Crippen molar-refractivity contribution in [2.75, 3.05) is 12.4 Å². The molecule has 2 aromatic heterocycles. The van der Waals surface area contributed by atoms with Crippen molar-refractivity contribution in [3.05, 3.63) is 66.6 Å². The molecule has 0 aliphatic heterocycles. The highest BCUT2D eigenvalue weighted by atomic mass is 16.5. The number of hydrogen-bond donors (Lipinski definition) is 2. The molecular formula is C18H17N3O3. The zero-order valence-corrected chi connectivity index (χ0v) is 13.2. The zero-order valence-electron chi connectivity index (χ0n) is 13.2. The molecule has 2 heterocycles. The second-order valence-electron chi connectivity index (χ2n) is 5.07. The Balaban J connectivity index is 1.59. The molecule has 3 aromatic rings. The summed E-state index contributed by atoms with van der Waals surface area (Å²) < 4.78 is 10.5. The summed E-state index contributed by atoms with van der Waals surface area (Å²) in [5.41, 5.74) is 2.32. The molecule has 0 bridgehead atoms. The fourth-order valence-corrected chi connectivity index (χ4v) is 2.20. The molecule has 0 unspecified atom stereocenters. The standard InChI is InChI=1S/C18H17N3O3/c1-23-15-5-2-4-14(11-15)21-18(22)20-12-13-7-8-19-16(10-13)17-6-3-9-24-17/h2-11H,12H2,1H3,(H2,20,21,22). The van der Waals surface area contributed by atoms with E-state index < -0.39 is 0 Å². The predicted molar refractivity (Wildman–Crippen MR) is 90.8 cm³/mol. The number of urea groups is 1. The van der Waals surface area contributed by atoms with E-state index in [1.165, 1.54) is 0 Å². The van der Waals surface area contributed by atoms with Crippen LogP contribution in [0, 0.1) is 0 Å². The quantitative estimate of drug-likeness (QED) is 0.751. The first-order chi connectivity index (χ1) is 11.7. The average Bonchev–Trinajstić information content (AvgIpc) is 3.15. The van der Waals surface area contributed by atoms with Crippen LogP contribution in [-0.2, 0) is 6.54 Å². The van der Waals surface area contributed by atoms with Gasteiger partial charge in [-0.1, -0.05) is 6.07 Å². The number of hydrogen-bond acceptors (Lipinski definition) is 4. The van der Waals surface area contributed by atoms with E-state index in [1.807, 2.05) is 36.4 Å². The summed E-state index contributed by atoms with van der Waals surface area (Å²) in [6.45, 7) is 0.381. The normalized spacial score (nSPS) is 10.2. The lowest BCUT2D eigenvalue weighted by atomic mass is 10.2. The summed E-state index contributed by atoms with van der Waals surface area (Å²) in [6, 6.07) is 14.3. The van der Waals surface area contributed by atoms with Gasteiger partial charge in [-0.3, -0.25) is 4.98 Å². The predicted octanol–water partition coefficient (Wildman–Crippen LogP) is 3.67. The number of carbonyl (C=O) groups is 1. The number of methoxy groups -OCH3 is 1. The molecule has 2 N–H and O–H groups in total. The van der Waals surface area contributed by atoms with Crippen molar-refractivity contribution < 1.29 is 13.9 Å². The lowest BCUT2D eigenvalue weighted by Gasteiger charge is -2.09. The molecule has 6 heteroatoms. The van der Waals surface area contributed by atoms with E-state index in [4.69, 9.17) is 9.15 Å². The van der Waals surface area contributed by atoms with Gasteiger partial charge in [-0.15, -0.1) is 0 Å². The first-order valence-electron chi connectivity index (χ1n) is 7.42. The van der Waals surface area contributed by atoms with Gasteiger partial charge in [0.2, 0.25) is 0 Å². The van der Waals surface area contributed by atoms with Gasteiger partial charge in [0.1, 0.15) is 11.4 Å². The van der Waals surface area contributed by atoms with Crippen LogP contribution in [0.15, 0.2) is 65.4 Å². The molecule has 0 aliphatic rings. The van der Waals surface area contributed by atoms with Crippen molar-refractivity contribution in [3.63, 3.8) is 0 Å². The average molecular weight is 323 g/mol. The molecule has 0 aliphatic carbocycles. The lowest BCUT2D eigenvalue weighted by Crippen LogP contribution is -2.28. The van der Waals surface area contributed by atoms with Crippen molar-refractivity contribution in [1.82, 2.24) is 10.3 Å². The molecule has 0 saturated heterocycles. The number of nitrogens with zero attached hydrogens (tertiary/aromatic N) is 1. The number of carbonyl (C=O) groups excluding carboxylic acids is 1. The molecule has 2 amide bonds. The van der Waals surface area contributed by atoms with Gasteiger partial charge in [0.25, 0.3) is 0 Å². The first-order valence-corrected chi connectivity index (χ1v) is 7.42. The van der Waals surface area contributed by atoms with Crippen LogP contribution in [0.5, 0.6) is 5.75 Å². The lowest BCUT2D eigenvalue weighted by molar-refractivity contribution is 0.251. The van der Waals surface area contributed by atoms with Crippen molar-refractivity contribution in [2.24, 2.45) is 0 Å². The molecule has 0 fully saturated rings. The number of amides is 2. The van der Waals surface area contributed by atoms with Crippen LogP contribution in [0.25, 0.3) is 11.5 Å². The summed E-state index contributed by atoms with van der Waals surface area (Å²) in [4.78, 5) is 16.3. The molecule has 0 spiro atoms. The Kier molecular flexibility index (Phi) is 4.76. The molecule has 3 rings (SSSR count). The Morgan fingerprint density at radius 1 is 1.21 bits per heavy atom. The van der Waals surface area contributed by atoms with E-state index in [2.05, 4.69) is 15.6 Å². The van der Waals surface area contributed by atoms with Crippen LogP contribution in [0.4, 0.5) is 10.5 Å². The highest BCUT2D eigenvalue weighted by Gasteiger charge is 2.06. The Morgan fingerprint density at radius 2 is 2.12 bits per heavy atom. The monoisotopic (exact) mass is 323 g/mol. The fourth-order valence-electron chi connectivity index (χ4n) is 2.20. The smallest absolute Gasteiger partial charge is 0.319 e. The molecular weight excluding hydrogens is 306 g/mol.